The number of hydrogen-bond donors (Lipinski definition) is 12. The fourth-order valence-electron chi connectivity index (χ4n) is 17.5. The van der Waals surface area contributed by atoms with Crippen LogP contribution in [0.5, 0.6) is 0 Å². The summed E-state index contributed by atoms with van der Waals surface area (Å²) < 4.78 is 119. The number of carbonyl (C=O) groups excluding carboxylic acids is 1. The van der Waals surface area contributed by atoms with Crippen molar-refractivity contribution in [3.8, 4) is 0 Å². The van der Waals surface area contributed by atoms with Gasteiger partial charge >= 0.3 is 16.4 Å². The largest absolute Gasteiger partial charge is 0.455 e. The molecule has 29 nitrogen and oxygen atoms in total. The highest BCUT2D eigenvalue weighted by molar-refractivity contribution is 7.80. The fourth-order valence-corrected chi connectivity index (χ4v) is 18.0. The first-order valence-electron chi connectivity index (χ1n) is 30.5. The van der Waals surface area contributed by atoms with Crippen molar-refractivity contribution in [1.82, 2.24) is 0 Å². The van der Waals surface area contributed by atoms with Gasteiger partial charge in [-0.1, -0.05) is 51.5 Å². The van der Waals surface area contributed by atoms with Crippen LogP contribution in [0.3, 0.4) is 0 Å². The lowest BCUT2D eigenvalue weighted by molar-refractivity contribution is -0.402. The van der Waals surface area contributed by atoms with Gasteiger partial charge < -0.3 is 118 Å². The Morgan fingerprint density at radius 1 is 0.693 bits per heavy atom. The summed E-state index contributed by atoms with van der Waals surface area (Å²) in [4.78, 5) is 14.6. The van der Waals surface area contributed by atoms with Crippen LogP contribution in [-0.2, 0) is 81.0 Å². The van der Waals surface area contributed by atoms with E-state index < -0.39 is 205 Å². The molecule has 32 atom stereocenters. The molecule has 3 saturated carbocycles. The van der Waals surface area contributed by atoms with Gasteiger partial charge in [-0.3, -0.25) is 9.35 Å². The standard InChI is InChI=1S/C58H90O29S/c1-23-41(82-49-40(68)43(35(63)29(19-59)80-49)83-48-39(67)42(74-9)27(61)21-76-48)38(66)45(84-47-37(65)34(62)26(60)20-75-47)51(78-23)85-44-36(64)30(87-88(71,72)73)22-77-50(44)81-32-14-16-55(6)24-12-17-58-46-28(18-56(58,7)25(24)10-11-31(55)54(32,4)5)79-33(13-15-53(2,3)70)57(46,8)86-52(58)69/h10,13,15,23-24,26-51,59-68,70H,11-12,14,16-22H2,1-9H3,(H,71,72,73)/b15-13+/t23-,24+,26-,27-,28+,29-,30-,31+,32+,33-,34+,35-,36+,37-,38+,39-,40-,41-,42+,43+,44-,45-,46-,47+,48+,49+,50+,51+,55-,56+,57+,58-/m1/s1. The lowest BCUT2D eigenvalue weighted by Gasteiger charge is -2.64. The van der Waals surface area contributed by atoms with E-state index in [0.717, 1.165) is 0 Å². The van der Waals surface area contributed by atoms with Crippen LogP contribution in [0.2, 0.25) is 0 Å². The molecule has 0 unspecified atom stereocenters. The smallest absolute Gasteiger partial charge is 0.397 e. The maximum absolute atomic E-state index is 14.6. The van der Waals surface area contributed by atoms with Crippen LogP contribution >= 0.6 is 0 Å². The number of aliphatic hydroxyl groups is 11. The number of ether oxygens (including phenoxy) is 13. The van der Waals surface area contributed by atoms with E-state index in [4.69, 9.17) is 65.8 Å². The van der Waals surface area contributed by atoms with E-state index >= 15 is 0 Å². The molecule has 30 heteroatoms. The third-order valence-corrected chi connectivity index (χ3v) is 22.4. The first kappa shape index (κ1) is 67.3. The van der Waals surface area contributed by atoms with Crippen molar-refractivity contribution < 1.29 is 140 Å². The van der Waals surface area contributed by atoms with E-state index in [1.54, 1.807) is 19.9 Å². The van der Waals surface area contributed by atoms with Crippen molar-refractivity contribution in [2.45, 2.75) is 259 Å². The number of aliphatic hydroxyl groups excluding tert-OH is 10. The number of carbonyl (C=O) groups is 1. The molecule has 7 aliphatic heterocycles. The van der Waals surface area contributed by atoms with Gasteiger partial charge in [0, 0.05) is 18.4 Å². The second-order valence-corrected chi connectivity index (χ2v) is 29.0. The summed E-state index contributed by atoms with van der Waals surface area (Å²) in [5.41, 5.74) is -3.20. The van der Waals surface area contributed by atoms with Crippen LogP contribution in [0.1, 0.15) is 93.9 Å². The molecule has 12 N–H and O–H groups in total. The van der Waals surface area contributed by atoms with Crippen LogP contribution in [-0.4, -0.2) is 273 Å². The van der Waals surface area contributed by atoms with Gasteiger partial charge in [-0.15, -0.1) is 0 Å². The predicted octanol–water partition coefficient (Wildman–Crippen LogP) is -2.50. The zero-order valence-corrected chi connectivity index (χ0v) is 51.5. The van der Waals surface area contributed by atoms with Crippen LogP contribution in [0.15, 0.2) is 23.8 Å². The number of allylic oxidation sites excluding steroid dienone is 2. The highest BCUT2D eigenvalue weighted by Gasteiger charge is 2.82. The maximum Gasteiger partial charge on any atom is 0.397 e. The normalized spacial score (nSPS) is 52.8. The monoisotopic (exact) mass is 1280 g/mol. The molecular weight excluding hydrogens is 1190 g/mol. The Morgan fingerprint density at radius 3 is 1.99 bits per heavy atom. The molecule has 4 aliphatic carbocycles. The molecule has 7 heterocycles. The molecule has 10 fully saturated rings. The Kier molecular flexibility index (Phi) is 18.6. The molecule has 88 heavy (non-hydrogen) atoms. The number of methoxy groups -OCH3 is 1. The van der Waals surface area contributed by atoms with E-state index in [0.29, 0.717) is 38.5 Å². The molecule has 0 aromatic rings. The number of fused-ring (bicyclic) bond motifs is 4. The van der Waals surface area contributed by atoms with Gasteiger partial charge in [0.05, 0.1) is 55.8 Å². The van der Waals surface area contributed by atoms with Gasteiger partial charge in [0.1, 0.15) is 109 Å². The fraction of sp³-hybridized carbons (Fsp3) is 0.914. The minimum atomic E-state index is -5.25. The summed E-state index contributed by atoms with van der Waals surface area (Å²) in [6, 6.07) is 0. The number of rotatable bonds is 16. The first-order chi connectivity index (χ1) is 41.1. The van der Waals surface area contributed by atoms with Gasteiger partial charge in [0.2, 0.25) is 0 Å². The molecule has 11 rings (SSSR count). The van der Waals surface area contributed by atoms with Gasteiger partial charge in [-0.05, 0) is 88.9 Å². The lowest BCUT2D eigenvalue weighted by atomic mass is 9.41. The average Bonchev–Trinajstić information content (AvgIpc) is 1.46. The van der Waals surface area contributed by atoms with E-state index in [-0.39, 0.29) is 41.8 Å². The van der Waals surface area contributed by atoms with Crippen LogP contribution in [0, 0.1) is 39.4 Å². The van der Waals surface area contributed by atoms with Gasteiger partial charge in [0.25, 0.3) is 0 Å². The van der Waals surface area contributed by atoms with Crippen molar-refractivity contribution in [2.24, 2.45) is 39.4 Å². The molecule has 0 aromatic carbocycles. The highest BCUT2D eigenvalue weighted by Crippen LogP contribution is 2.78. The Bertz CT molecular complexity index is 2700. The van der Waals surface area contributed by atoms with E-state index in [1.165, 1.54) is 19.6 Å². The predicted molar refractivity (Wildman–Crippen MR) is 292 cm³/mol. The zero-order chi connectivity index (χ0) is 63.9. The van der Waals surface area contributed by atoms with Gasteiger partial charge in [-0.25, -0.2) is 4.18 Å². The Balaban J connectivity index is 0.847. The third-order valence-electron chi connectivity index (χ3n) is 21.9. The molecule has 1 spiro atoms. The van der Waals surface area contributed by atoms with Crippen molar-refractivity contribution in [3.63, 3.8) is 0 Å². The van der Waals surface area contributed by atoms with Gasteiger partial charge in [-0.2, -0.15) is 8.42 Å². The minimum Gasteiger partial charge on any atom is -0.455 e. The Hall–Kier alpha value is -2.10. The van der Waals surface area contributed by atoms with E-state index in [2.05, 4.69) is 33.8 Å². The summed E-state index contributed by atoms with van der Waals surface area (Å²) in [6.07, 6.45) is -30.0. The maximum atomic E-state index is 14.6. The molecule has 0 aromatic heterocycles. The highest BCUT2D eigenvalue weighted by atomic mass is 32.3. The average molecular weight is 1280 g/mol. The van der Waals surface area contributed by atoms with Crippen molar-refractivity contribution in [3.05, 3.63) is 23.8 Å². The van der Waals surface area contributed by atoms with Crippen LogP contribution in [0.4, 0.5) is 0 Å². The second-order valence-electron chi connectivity index (χ2n) is 28.0. The molecule has 0 bridgehead atoms. The molecule has 0 amide bonds. The van der Waals surface area contributed by atoms with Crippen LogP contribution < -0.4 is 0 Å². The topological polar surface area (TPSA) is 423 Å². The molecular formula is C58H90O29S. The van der Waals surface area contributed by atoms with E-state index in [1.807, 2.05) is 13.0 Å². The minimum absolute atomic E-state index is 0.0419. The van der Waals surface area contributed by atoms with Crippen molar-refractivity contribution in [2.75, 3.05) is 33.5 Å². The molecule has 502 valence electrons. The summed E-state index contributed by atoms with van der Waals surface area (Å²) >= 11 is 0. The SMILES string of the molecule is CO[C@@H]1[C@@H](O)[C@H](O[C@@H]2[C@@H](O)[C@H](O[C@H]3[C@H](O)[C@@H](O[C@@H]4OC[C@@H](O)[C@H](O)[C@H]4O)[C@H](O[C@H]4[C@H](O[C@H]5CC[C@]6(C)[C@H]7CC[C@]89C(=O)O[C@]%10(C)[C@H]8[C@H](C[C@@]9(C)C7=CC[C@H]6C5(C)C)O[C@@H]%10/C=C/C(C)(C)O)OC[C@@H](OS(=O)(=O)O)[C@@H]4O)O[C@@H]3C)O[C@H](CO)[C@H]2O)OC[C@H]1O. The van der Waals surface area contributed by atoms with Crippen LogP contribution in [0.25, 0.3) is 0 Å². The quantitative estimate of drug-likeness (QED) is 0.0432. The molecule has 11 aliphatic rings. The summed E-state index contributed by atoms with van der Waals surface area (Å²) in [7, 11) is -4.03. The Labute approximate surface area is 509 Å². The number of hydrogen-bond acceptors (Lipinski definition) is 28. The van der Waals surface area contributed by atoms with E-state index in [9.17, 15) is 73.9 Å². The summed E-state index contributed by atoms with van der Waals surface area (Å²) in [5, 5.41) is 122. The summed E-state index contributed by atoms with van der Waals surface area (Å²) in [5.74, 6) is -0.408. The lowest BCUT2D eigenvalue weighted by Crippen LogP contribution is -2.67. The number of esters is 1. The first-order valence-corrected chi connectivity index (χ1v) is 31.9. The second kappa shape index (κ2) is 24.3. The third kappa shape index (κ3) is 11.3. The molecule has 0 radical (unpaired) electrons. The van der Waals surface area contributed by atoms with Crippen molar-refractivity contribution >= 4 is 16.4 Å². The Morgan fingerprint density at radius 2 is 1.32 bits per heavy atom. The van der Waals surface area contributed by atoms with Gasteiger partial charge in [0.15, 0.2) is 31.5 Å². The summed E-state index contributed by atoms with van der Waals surface area (Å²) in [6.45, 7) is 12.8. The zero-order valence-electron chi connectivity index (χ0n) is 50.7. The molecule has 7 saturated heterocycles. The van der Waals surface area contributed by atoms with Crippen molar-refractivity contribution in [1.29, 1.82) is 0 Å².